The Bertz CT molecular complexity index is 553. The number of aliphatic hydroxyl groups is 1. The van der Waals surface area contributed by atoms with Crippen molar-refractivity contribution in [3.63, 3.8) is 0 Å². The molecule has 117 valence electrons. The minimum Gasteiger partial charge on any atom is -0.454 e. The van der Waals surface area contributed by atoms with E-state index < -0.39 is 23.6 Å². The lowest BCUT2D eigenvalue weighted by Gasteiger charge is -2.35. The second kappa shape index (κ2) is 5.05. The summed E-state index contributed by atoms with van der Waals surface area (Å²) in [6, 6.07) is 3.35. The van der Waals surface area contributed by atoms with E-state index in [-0.39, 0.29) is 6.79 Å². The maximum Gasteiger partial charge on any atom is 0.417 e. The fourth-order valence-electron chi connectivity index (χ4n) is 2.41. The second-order valence-electron chi connectivity index (χ2n) is 5.78. The average Bonchev–Trinajstić information content (AvgIpc) is 2.72. The van der Waals surface area contributed by atoms with E-state index in [1.807, 2.05) is 0 Å². The van der Waals surface area contributed by atoms with Crippen molar-refractivity contribution in [2.75, 3.05) is 6.79 Å². The quantitative estimate of drug-likeness (QED) is 0.878. The van der Waals surface area contributed by atoms with Gasteiger partial charge in [-0.25, -0.2) is 0 Å². The van der Waals surface area contributed by atoms with Crippen molar-refractivity contribution in [3.8, 4) is 11.5 Å². The third-order valence-electron chi connectivity index (χ3n) is 3.43. The highest BCUT2D eigenvalue weighted by atomic mass is 79.9. The minimum absolute atomic E-state index is 0.0166. The predicted molar refractivity (Wildman–Crippen MR) is 74.3 cm³/mol. The topological polar surface area (TPSA) is 38.7 Å². The van der Waals surface area contributed by atoms with E-state index >= 15 is 0 Å². The molecule has 0 bridgehead atoms. The van der Waals surface area contributed by atoms with Gasteiger partial charge in [0.1, 0.15) is 0 Å². The van der Waals surface area contributed by atoms with Gasteiger partial charge in [-0.3, -0.25) is 0 Å². The lowest BCUT2D eigenvalue weighted by molar-refractivity contribution is -0.247. The molecule has 7 heteroatoms. The summed E-state index contributed by atoms with van der Waals surface area (Å²) in [6.45, 7) is 6.12. The van der Waals surface area contributed by atoms with E-state index in [0.717, 1.165) is 0 Å². The van der Waals surface area contributed by atoms with Crippen LogP contribution in [0.3, 0.4) is 0 Å². The molecule has 21 heavy (non-hydrogen) atoms. The number of fused-ring (bicyclic) bond motifs is 1. The van der Waals surface area contributed by atoms with Crippen LogP contribution in [0.1, 0.15) is 25.8 Å². The van der Waals surface area contributed by atoms with Gasteiger partial charge in [-0.2, -0.15) is 13.2 Å². The first-order chi connectivity index (χ1) is 9.44. The highest BCUT2D eigenvalue weighted by molar-refractivity contribution is 9.10. The van der Waals surface area contributed by atoms with Crippen LogP contribution >= 0.6 is 15.9 Å². The van der Waals surface area contributed by atoms with E-state index in [2.05, 4.69) is 22.9 Å². The Morgan fingerprint density at radius 2 is 1.90 bits per heavy atom. The zero-order valence-electron chi connectivity index (χ0n) is 11.6. The van der Waals surface area contributed by atoms with Crippen molar-refractivity contribution >= 4 is 15.9 Å². The molecule has 1 aliphatic heterocycles. The second-order valence-corrected chi connectivity index (χ2v) is 6.69. The van der Waals surface area contributed by atoms with Crippen molar-refractivity contribution in [1.29, 1.82) is 0 Å². The SMILES string of the molecule is [CH2]C(O)(CC(C)(C)c1cc(Br)cc2c1OCO2)C(F)(F)F. The van der Waals surface area contributed by atoms with Crippen LogP contribution in [-0.2, 0) is 5.41 Å². The predicted octanol–water partition coefficient (Wildman–Crippen LogP) is 3.97. The zero-order chi connectivity index (χ0) is 16.1. The molecule has 1 N–H and O–H groups in total. The number of rotatable bonds is 3. The van der Waals surface area contributed by atoms with Crippen LogP contribution in [-0.4, -0.2) is 23.7 Å². The Kier molecular flexibility index (Phi) is 3.95. The summed E-state index contributed by atoms with van der Waals surface area (Å²) in [7, 11) is 0. The van der Waals surface area contributed by atoms with Crippen LogP contribution in [0.15, 0.2) is 16.6 Å². The molecule has 0 aromatic heterocycles. The van der Waals surface area contributed by atoms with Gasteiger partial charge in [-0.15, -0.1) is 0 Å². The van der Waals surface area contributed by atoms with Crippen LogP contribution in [0.5, 0.6) is 11.5 Å². The van der Waals surface area contributed by atoms with Crippen LogP contribution < -0.4 is 9.47 Å². The van der Waals surface area contributed by atoms with Crippen LogP contribution in [0.2, 0.25) is 0 Å². The Labute approximate surface area is 129 Å². The third kappa shape index (κ3) is 3.13. The average molecular weight is 368 g/mol. The number of ether oxygens (including phenoxy) is 2. The van der Waals surface area contributed by atoms with Gasteiger partial charge in [0.05, 0.1) is 0 Å². The smallest absolute Gasteiger partial charge is 0.417 e. The fraction of sp³-hybridized carbons (Fsp3) is 0.500. The standard InChI is InChI=1S/C14H15BrF3O3/c1-12(2,6-13(3,19)14(16,17)18)9-4-8(15)5-10-11(9)21-7-20-10/h4-5,19H,3,6-7H2,1-2H3. The van der Waals surface area contributed by atoms with E-state index in [0.29, 0.717) is 21.5 Å². The molecular formula is C14H15BrF3O3. The Balaban J connectivity index is 2.41. The highest BCUT2D eigenvalue weighted by Crippen LogP contribution is 2.48. The third-order valence-corrected chi connectivity index (χ3v) is 3.89. The first-order valence-corrected chi connectivity index (χ1v) is 6.97. The molecule has 1 radical (unpaired) electrons. The van der Waals surface area contributed by atoms with Crippen molar-refractivity contribution in [2.45, 2.75) is 37.5 Å². The van der Waals surface area contributed by atoms with Crippen molar-refractivity contribution in [3.05, 3.63) is 29.1 Å². The molecule has 3 nitrogen and oxygen atoms in total. The first-order valence-electron chi connectivity index (χ1n) is 6.18. The van der Waals surface area contributed by atoms with E-state index in [1.165, 1.54) is 0 Å². The molecule has 2 rings (SSSR count). The van der Waals surface area contributed by atoms with Gasteiger partial charge in [0, 0.05) is 10.0 Å². The first kappa shape index (κ1) is 16.4. The fourth-order valence-corrected chi connectivity index (χ4v) is 2.84. The summed E-state index contributed by atoms with van der Waals surface area (Å²) in [5.41, 5.74) is -3.53. The summed E-state index contributed by atoms with van der Waals surface area (Å²) in [5.74, 6) is 0.869. The van der Waals surface area contributed by atoms with Gasteiger partial charge in [-0.1, -0.05) is 29.8 Å². The Hall–Kier alpha value is -0.950. The molecule has 1 aromatic rings. The van der Waals surface area contributed by atoms with Crippen molar-refractivity contribution in [2.24, 2.45) is 0 Å². The Morgan fingerprint density at radius 3 is 2.48 bits per heavy atom. The van der Waals surface area contributed by atoms with Gasteiger partial charge in [0.25, 0.3) is 0 Å². The largest absolute Gasteiger partial charge is 0.454 e. The summed E-state index contributed by atoms with van der Waals surface area (Å²) >= 11 is 3.29. The number of hydrogen-bond acceptors (Lipinski definition) is 3. The van der Waals surface area contributed by atoms with Gasteiger partial charge < -0.3 is 14.6 Å². The highest BCUT2D eigenvalue weighted by Gasteiger charge is 2.53. The molecule has 0 saturated carbocycles. The molecule has 1 aromatic carbocycles. The number of benzene rings is 1. The summed E-state index contributed by atoms with van der Waals surface area (Å²) in [4.78, 5) is 0. The summed E-state index contributed by atoms with van der Waals surface area (Å²) in [5, 5.41) is 9.65. The number of hydrogen-bond donors (Lipinski definition) is 1. The molecule has 0 aliphatic carbocycles. The molecule has 1 unspecified atom stereocenters. The van der Waals surface area contributed by atoms with Crippen LogP contribution in [0, 0.1) is 6.92 Å². The molecule has 1 aliphatic rings. The van der Waals surface area contributed by atoms with Crippen LogP contribution in [0.25, 0.3) is 0 Å². The molecule has 0 spiro atoms. The summed E-state index contributed by atoms with van der Waals surface area (Å²) in [6.07, 6.45) is -5.41. The van der Waals surface area contributed by atoms with Crippen molar-refractivity contribution < 1.29 is 27.8 Å². The number of alkyl halides is 3. The normalized spacial score (nSPS) is 17.7. The Morgan fingerprint density at radius 1 is 1.29 bits per heavy atom. The molecule has 1 heterocycles. The van der Waals surface area contributed by atoms with Gasteiger partial charge >= 0.3 is 6.18 Å². The van der Waals surface area contributed by atoms with E-state index in [1.54, 1.807) is 26.0 Å². The molecule has 0 fully saturated rings. The lowest BCUT2D eigenvalue weighted by atomic mass is 9.75. The van der Waals surface area contributed by atoms with Crippen molar-refractivity contribution in [1.82, 2.24) is 0 Å². The molecule has 1 atom stereocenters. The van der Waals surface area contributed by atoms with Gasteiger partial charge in [0.15, 0.2) is 17.1 Å². The maximum absolute atomic E-state index is 12.9. The summed E-state index contributed by atoms with van der Waals surface area (Å²) < 4.78 is 49.8. The molecular weight excluding hydrogens is 353 g/mol. The van der Waals surface area contributed by atoms with E-state index in [9.17, 15) is 18.3 Å². The van der Waals surface area contributed by atoms with Gasteiger partial charge in [0.2, 0.25) is 6.79 Å². The zero-order valence-corrected chi connectivity index (χ0v) is 13.1. The van der Waals surface area contributed by atoms with Gasteiger partial charge in [-0.05, 0) is 30.9 Å². The molecule has 0 amide bonds. The number of halogens is 4. The monoisotopic (exact) mass is 367 g/mol. The molecule has 0 saturated heterocycles. The maximum atomic E-state index is 12.9. The van der Waals surface area contributed by atoms with Crippen LogP contribution in [0.4, 0.5) is 13.2 Å². The lowest BCUT2D eigenvalue weighted by Crippen LogP contribution is -2.46. The van der Waals surface area contributed by atoms with E-state index in [4.69, 9.17) is 9.47 Å². The minimum atomic E-state index is -4.81.